The van der Waals surface area contributed by atoms with Gasteiger partial charge in [-0.3, -0.25) is 4.39 Å². The summed E-state index contributed by atoms with van der Waals surface area (Å²) in [6.07, 6.45) is 1.32. The number of imidazole rings is 1. The van der Waals surface area contributed by atoms with Gasteiger partial charge in [0.15, 0.2) is 0 Å². The summed E-state index contributed by atoms with van der Waals surface area (Å²) in [6, 6.07) is 15.8. The van der Waals surface area contributed by atoms with Crippen LogP contribution in [-0.4, -0.2) is 34.3 Å². The number of fused-ring (bicyclic) bond motifs is 1. The van der Waals surface area contributed by atoms with Crippen LogP contribution >= 0.6 is 11.6 Å². The van der Waals surface area contributed by atoms with Crippen LogP contribution in [0.5, 0.6) is 5.88 Å². The zero-order valence-corrected chi connectivity index (χ0v) is 24.3. The second kappa shape index (κ2) is 11.9. The van der Waals surface area contributed by atoms with Crippen LogP contribution in [-0.2, 0) is 24.3 Å². The van der Waals surface area contributed by atoms with Crippen molar-refractivity contribution in [2.24, 2.45) is 5.41 Å². The van der Waals surface area contributed by atoms with Crippen molar-refractivity contribution in [2.45, 2.75) is 32.4 Å². The van der Waals surface area contributed by atoms with Gasteiger partial charge in [0.2, 0.25) is 5.88 Å². The average molecular weight is 624 g/mol. The predicted molar refractivity (Wildman–Crippen MR) is 157 cm³/mol. The number of pyridine rings is 1. The molecular weight excluding hydrogens is 598 g/mol. The van der Waals surface area contributed by atoms with Crippen LogP contribution in [0.2, 0.25) is 5.02 Å². The number of rotatable bonds is 10. The summed E-state index contributed by atoms with van der Waals surface area (Å²) in [6.45, 7) is -0.370. The number of halogens is 5. The first-order chi connectivity index (χ1) is 21.2. The van der Waals surface area contributed by atoms with E-state index in [1.165, 1.54) is 37.4 Å². The summed E-state index contributed by atoms with van der Waals surface area (Å²) in [5.74, 6) is -1.95. The number of aromatic nitrogens is 3. The molecule has 0 aliphatic heterocycles. The monoisotopic (exact) mass is 623 g/mol. The fourth-order valence-electron chi connectivity index (χ4n) is 5.10. The van der Waals surface area contributed by atoms with Crippen LogP contribution < -0.4 is 4.74 Å². The smallest absolute Gasteiger partial charge is 0.337 e. The number of methoxy groups -OCH3 is 1. The topological polar surface area (TPSA) is 66.2 Å². The molecule has 6 nitrogen and oxygen atoms in total. The van der Waals surface area contributed by atoms with E-state index < -0.39 is 35.5 Å². The fraction of sp³-hybridized carbons (Fsp3) is 0.242. The van der Waals surface area contributed by atoms with E-state index >= 15 is 8.78 Å². The fourth-order valence-corrected chi connectivity index (χ4v) is 5.26. The molecule has 2 heterocycles. The molecule has 2 aromatic heterocycles. The van der Waals surface area contributed by atoms with Crippen LogP contribution in [0.4, 0.5) is 17.6 Å². The Morgan fingerprint density at radius 1 is 0.955 bits per heavy atom. The number of benzene rings is 3. The van der Waals surface area contributed by atoms with Crippen molar-refractivity contribution in [3.05, 3.63) is 112 Å². The molecule has 1 saturated carbocycles. The number of hydrogen-bond acceptors (Lipinski definition) is 5. The van der Waals surface area contributed by atoms with Crippen molar-refractivity contribution in [3.8, 4) is 17.1 Å². The molecule has 1 aliphatic carbocycles. The minimum atomic E-state index is -0.715. The summed E-state index contributed by atoms with van der Waals surface area (Å²) in [5.41, 5.74) is 1.23. The van der Waals surface area contributed by atoms with Gasteiger partial charge >= 0.3 is 5.97 Å². The van der Waals surface area contributed by atoms with Gasteiger partial charge in [-0.1, -0.05) is 23.7 Å². The molecule has 1 aliphatic rings. The van der Waals surface area contributed by atoms with Gasteiger partial charge in [0, 0.05) is 40.6 Å². The van der Waals surface area contributed by atoms with Gasteiger partial charge in [0.05, 0.1) is 36.1 Å². The van der Waals surface area contributed by atoms with Crippen molar-refractivity contribution >= 4 is 28.6 Å². The van der Waals surface area contributed by atoms with Crippen molar-refractivity contribution in [2.75, 3.05) is 13.8 Å². The minimum absolute atomic E-state index is 0.0479. The Morgan fingerprint density at radius 2 is 1.75 bits per heavy atom. The number of nitrogens with zero attached hydrogens (tertiary/aromatic N) is 3. The quantitative estimate of drug-likeness (QED) is 0.117. The lowest BCUT2D eigenvalue weighted by molar-refractivity contribution is 0.0601. The van der Waals surface area contributed by atoms with E-state index in [4.69, 9.17) is 21.1 Å². The third kappa shape index (κ3) is 5.99. The second-order valence-corrected chi connectivity index (χ2v) is 11.4. The maximum absolute atomic E-state index is 15.5. The Labute approximate surface area is 255 Å². The van der Waals surface area contributed by atoms with Crippen LogP contribution in [0.3, 0.4) is 0 Å². The Kier molecular flexibility index (Phi) is 8.02. The summed E-state index contributed by atoms with van der Waals surface area (Å²) in [5, 5.41) is 0.254. The first-order valence-electron chi connectivity index (χ1n) is 13.8. The molecule has 6 rings (SSSR count). The van der Waals surface area contributed by atoms with Crippen LogP contribution in [0.1, 0.15) is 40.2 Å². The lowest BCUT2D eigenvalue weighted by Crippen LogP contribution is -2.16. The van der Waals surface area contributed by atoms with E-state index in [1.54, 1.807) is 28.8 Å². The first kappa shape index (κ1) is 29.6. The minimum Gasteiger partial charge on any atom is -0.473 e. The summed E-state index contributed by atoms with van der Waals surface area (Å²) in [4.78, 5) is 21.1. The highest BCUT2D eigenvalue weighted by Gasteiger charge is 2.44. The Hall–Kier alpha value is -4.44. The molecule has 3 aromatic carbocycles. The molecule has 0 saturated heterocycles. The highest BCUT2D eigenvalue weighted by Crippen LogP contribution is 2.48. The molecular formula is C33H26ClF4N3O3. The normalized spacial score (nSPS) is 13.7. The maximum atomic E-state index is 15.5. The first-order valence-corrected chi connectivity index (χ1v) is 14.2. The molecule has 226 valence electrons. The second-order valence-electron chi connectivity index (χ2n) is 10.9. The zero-order valence-electron chi connectivity index (χ0n) is 23.5. The molecule has 44 heavy (non-hydrogen) atoms. The number of carbonyl (C=O) groups is 1. The van der Waals surface area contributed by atoms with Gasteiger partial charge < -0.3 is 14.0 Å². The molecule has 0 atom stereocenters. The van der Waals surface area contributed by atoms with Crippen molar-refractivity contribution < 1.29 is 31.8 Å². The average Bonchev–Trinajstić information content (AvgIpc) is 3.73. The molecule has 1 fully saturated rings. The molecule has 0 radical (unpaired) electrons. The number of esters is 1. The largest absolute Gasteiger partial charge is 0.473 e. The Bertz CT molecular complexity index is 1890. The highest BCUT2D eigenvalue weighted by atomic mass is 35.5. The summed E-state index contributed by atoms with van der Waals surface area (Å²) in [7, 11) is 1.28. The Morgan fingerprint density at radius 3 is 2.48 bits per heavy atom. The lowest BCUT2D eigenvalue weighted by Gasteiger charge is -2.16. The molecule has 0 spiro atoms. The highest BCUT2D eigenvalue weighted by molar-refractivity contribution is 6.30. The molecule has 0 amide bonds. The van der Waals surface area contributed by atoms with Gasteiger partial charge in [0.1, 0.15) is 29.9 Å². The van der Waals surface area contributed by atoms with E-state index in [2.05, 4.69) is 9.97 Å². The Balaban J connectivity index is 1.28. The van der Waals surface area contributed by atoms with Gasteiger partial charge in [-0.15, -0.1) is 0 Å². The van der Waals surface area contributed by atoms with E-state index in [9.17, 15) is 13.6 Å². The number of carbonyl (C=O) groups excluding carboxylic acids is 1. The third-order valence-corrected chi connectivity index (χ3v) is 8.09. The van der Waals surface area contributed by atoms with Gasteiger partial charge in [0.25, 0.3) is 0 Å². The lowest BCUT2D eigenvalue weighted by atomic mass is 10.0. The number of alkyl halides is 1. The van der Waals surface area contributed by atoms with Gasteiger partial charge in [-0.25, -0.2) is 27.9 Å². The van der Waals surface area contributed by atoms with Crippen molar-refractivity contribution in [1.82, 2.24) is 14.5 Å². The molecule has 0 unspecified atom stereocenters. The summed E-state index contributed by atoms with van der Waals surface area (Å²) < 4.78 is 71.3. The maximum Gasteiger partial charge on any atom is 0.337 e. The van der Waals surface area contributed by atoms with E-state index in [-0.39, 0.29) is 46.3 Å². The SMILES string of the molecule is COC(=O)c1ccc2nc(Cc3cc(F)c(-c4cccc(OCc5ccc(Cl)cc5F)n4)cc3F)n(CC3(CF)CC3)c2c1. The van der Waals surface area contributed by atoms with Gasteiger partial charge in [-0.05, 0) is 66.9 Å². The standard InChI is InChI=1S/C33H26ClF4N3O3/c1-43-32(42)19-6-8-28-29(12-19)41(18-33(17-35)9-10-33)30(39-28)13-21-11-26(38)23(15-25(21)37)27-3-2-4-31(40-27)44-16-20-5-7-22(34)14-24(20)36/h2-8,11-12,14-15H,9-10,13,16-18H2,1H3. The predicted octanol–water partition coefficient (Wildman–Crippen LogP) is 7.88. The molecule has 5 aromatic rings. The van der Waals surface area contributed by atoms with E-state index in [0.717, 1.165) is 12.1 Å². The zero-order chi connectivity index (χ0) is 31.0. The van der Waals surface area contributed by atoms with Crippen molar-refractivity contribution in [1.29, 1.82) is 0 Å². The molecule has 0 N–H and O–H groups in total. The summed E-state index contributed by atoms with van der Waals surface area (Å²) >= 11 is 5.79. The number of ether oxygens (including phenoxy) is 2. The van der Waals surface area contributed by atoms with Crippen LogP contribution in [0, 0.1) is 22.9 Å². The molecule has 11 heteroatoms. The number of hydrogen-bond donors (Lipinski definition) is 0. The third-order valence-electron chi connectivity index (χ3n) is 7.86. The van der Waals surface area contributed by atoms with E-state index in [0.29, 0.717) is 41.8 Å². The van der Waals surface area contributed by atoms with Crippen LogP contribution in [0.25, 0.3) is 22.3 Å². The molecule has 0 bridgehead atoms. The van der Waals surface area contributed by atoms with Crippen LogP contribution in [0.15, 0.2) is 66.7 Å². The van der Waals surface area contributed by atoms with Crippen molar-refractivity contribution in [3.63, 3.8) is 0 Å². The van der Waals surface area contributed by atoms with Gasteiger partial charge in [-0.2, -0.15) is 0 Å². The van der Waals surface area contributed by atoms with E-state index in [1.807, 2.05) is 0 Å².